The maximum atomic E-state index is 13.0. The minimum Gasteiger partial charge on any atom is -0.324 e. The Morgan fingerprint density at radius 3 is 2.62 bits per heavy atom. The summed E-state index contributed by atoms with van der Waals surface area (Å²) < 4.78 is 13.0. The first-order valence-electron chi connectivity index (χ1n) is 3.72. The van der Waals surface area contributed by atoms with Crippen molar-refractivity contribution in [2.75, 3.05) is 0 Å². The van der Waals surface area contributed by atoms with Gasteiger partial charge >= 0.3 is 5.69 Å². The molecule has 0 aliphatic carbocycles. The highest BCUT2D eigenvalue weighted by Crippen LogP contribution is 2.20. The first-order valence-corrected chi connectivity index (χ1v) is 3.72. The number of nitrogens with zero attached hydrogens (tertiary/aromatic N) is 1. The van der Waals surface area contributed by atoms with Gasteiger partial charge in [0.25, 0.3) is 0 Å². The lowest BCUT2D eigenvalue weighted by molar-refractivity contribution is -0.387. The third-order valence-corrected chi connectivity index (χ3v) is 1.69. The van der Waals surface area contributed by atoms with Gasteiger partial charge < -0.3 is 5.73 Å². The molecule has 0 bridgehead atoms. The summed E-state index contributed by atoms with van der Waals surface area (Å²) in [5.41, 5.74) is 5.49. The zero-order valence-corrected chi connectivity index (χ0v) is 7.03. The van der Waals surface area contributed by atoms with Crippen LogP contribution in [0.4, 0.5) is 10.1 Å². The normalized spacial score (nSPS) is 12.5. The molecule has 0 heterocycles. The van der Waals surface area contributed by atoms with E-state index < -0.39 is 16.4 Å². The van der Waals surface area contributed by atoms with Crippen molar-refractivity contribution in [2.45, 2.75) is 13.0 Å². The standard InChI is InChI=1S/C8H9FN2O2/c1-5(10)6-2-3-8(11(12)13)7(9)4-6/h2-5H,10H2,1H3/t5-/m1/s1. The molecule has 0 aliphatic rings. The minimum absolute atomic E-state index is 0.324. The number of nitrogens with two attached hydrogens (primary N) is 1. The Morgan fingerprint density at radius 2 is 2.23 bits per heavy atom. The van der Waals surface area contributed by atoms with Crippen LogP contribution in [-0.4, -0.2) is 4.92 Å². The number of hydrogen-bond donors (Lipinski definition) is 1. The summed E-state index contributed by atoms with van der Waals surface area (Å²) in [5, 5.41) is 10.2. The summed E-state index contributed by atoms with van der Waals surface area (Å²) >= 11 is 0. The first-order chi connectivity index (χ1) is 6.02. The van der Waals surface area contributed by atoms with Gasteiger partial charge in [-0.2, -0.15) is 4.39 Å². The van der Waals surface area contributed by atoms with Crippen LogP contribution in [0.2, 0.25) is 0 Å². The lowest BCUT2D eigenvalue weighted by Crippen LogP contribution is -2.05. The largest absolute Gasteiger partial charge is 0.324 e. The molecule has 0 fully saturated rings. The molecule has 70 valence electrons. The van der Waals surface area contributed by atoms with Crippen LogP contribution in [0.3, 0.4) is 0 Å². The van der Waals surface area contributed by atoms with Crippen molar-refractivity contribution in [2.24, 2.45) is 5.73 Å². The second-order valence-electron chi connectivity index (χ2n) is 2.76. The van der Waals surface area contributed by atoms with Crippen molar-refractivity contribution in [3.8, 4) is 0 Å². The first kappa shape index (κ1) is 9.60. The zero-order chi connectivity index (χ0) is 10.0. The Balaban J connectivity index is 3.13. The smallest absolute Gasteiger partial charge is 0.304 e. The maximum absolute atomic E-state index is 13.0. The molecule has 0 amide bonds. The average Bonchev–Trinajstić information content (AvgIpc) is 2.03. The van der Waals surface area contributed by atoms with Gasteiger partial charge in [-0.15, -0.1) is 0 Å². The number of nitro groups is 1. The van der Waals surface area contributed by atoms with Gasteiger partial charge in [-0.1, -0.05) is 6.07 Å². The zero-order valence-electron chi connectivity index (χ0n) is 7.03. The molecule has 1 rings (SSSR count). The molecule has 1 aromatic carbocycles. The molecule has 1 aromatic rings. The predicted molar refractivity (Wildman–Crippen MR) is 45.7 cm³/mol. The highest BCUT2D eigenvalue weighted by atomic mass is 19.1. The highest BCUT2D eigenvalue weighted by Gasteiger charge is 2.14. The minimum atomic E-state index is -0.847. The monoisotopic (exact) mass is 184 g/mol. The van der Waals surface area contributed by atoms with E-state index >= 15 is 0 Å². The molecule has 0 aliphatic heterocycles. The average molecular weight is 184 g/mol. The Labute approximate surface area is 74.3 Å². The van der Waals surface area contributed by atoms with Gasteiger partial charge in [0, 0.05) is 12.1 Å². The molecule has 0 aromatic heterocycles. The van der Waals surface area contributed by atoms with Gasteiger partial charge in [0.2, 0.25) is 5.82 Å². The number of benzene rings is 1. The van der Waals surface area contributed by atoms with Crippen molar-refractivity contribution >= 4 is 5.69 Å². The topological polar surface area (TPSA) is 69.2 Å². The lowest BCUT2D eigenvalue weighted by Gasteiger charge is -2.04. The van der Waals surface area contributed by atoms with E-state index in [1.165, 1.54) is 6.07 Å². The quantitative estimate of drug-likeness (QED) is 0.562. The summed E-state index contributed by atoms with van der Waals surface area (Å²) in [6.45, 7) is 1.68. The fraction of sp³-hybridized carbons (Fsp3) is 0.250. The maximum Gasteiger partial charge on any atom is 0.304 e. The summed E-state index contributed by atoms with van der Waals surface area (Å²) in [6, 6.07) is 3.33. The molecule has 0 radical (unpaired) electrons. The molecule has 0 saturated heterocycles. The van der Waals surface area contributed by atoms with Gasteiger partial charge in [0.05, 0.1) is 4.92 Å². The van der Waals surface area contributed by atoms with E-state index in [0.29, 0.717) is 5.56 Å². The van der Waals surface area contributed by atoms with Gasteiger partial charge in [-0.3, -0.25) is 10.1 Å². The Morgan fingerprint density at radius 1 is 1.62 bits per heavy atom. The van der Waals surface area contributed by atoms with Gasteiger partial charge in [-0.05, 0) is 18.6 Å². The number of hydrogen-bond acceptors (Lipinski definition) is 3. The van der Waals surface area contributed by atoms with Crippen LogP contribution in [0.5, 0.6) is 0 Å². The van der Waals surface area contributed by atoms with Crippen LogP contribution >= 0.6 is 0 Å². The highest BCUT2D eigenvalue weighted by molar-refractivity contribution is 5.35. The van der Waals surface area contributed by atoms with Gasteiger partial charge in [0.1, 0.15) is 0 Å². The molecule has 5 heteroatoms. The molecular weight excluding hydrogens is 175 g/mol. The summed E-state index contributed by atoms with van der Waals surface area (Å²) in [5.74, 6) is -0.847. The summed E-state index contributed by atoms with van der Waals surface area (Å²) in [7, 11) is 0. The van der Waals surface area contributed by atoms with Crippen molar-refractivity contribution < 1.29 is 9.31 Å². The van der Waals surface area contributed by atoms with Crippen molar-refractivity contribution in [3.63, 3.8) is 0 Å². The predicted octanol–water partition coefficient (Wildman–Crippen LogP) is 1.75. The van der Waals surface area contributed by atoms with Crippen LogP contribution in [-0.2, 0) is 0 Å². The van der Waals surface area contributed by atoms with Crippen LogP contribution < -0.4 is 5.73 Å². The van der Waals surface area contributed by atoms with Crippen LogP contribution in [0.15, 0.2) is 18.2 Å². The molecule has 2 N–H and O–H groups in total. The van der Waals surface area contributed by atoms with Gasteiger partial charge in [-0.25, -0.2) is 0 Å². The van der Waals surface area contributed by atoms with E-state index in [9.17, 15) is 14.5 Å². The molecule has 0 spiro atoms. The summed E-state index contributed by atoms with van der Waals surface area (Å²) in [4.78, 5) is 9.47. The van der Waals surface area contributed by atoms with Crippen molar-refractivity contribution in [1.29, 1.82) is 0 Å². The fourth-order valence-corrected chi connectivity index (χ4v) is 0.954. The second kappa shape index (κ2) is 3.49. The summed E-state index contributed by atoms with van der Waals surface area (Å²) in [6.07, 6.45) is 0. The van der Waals surface area contributed by atoms with Crippen molar-refractivity contribution in [1.82, 2.24) is 0 Å². The third kappa shape index (κ3) is 2.00. The van der Waals surface area contributed by atoms with E-state index in [-0.39, 0.29) is 6.04 Å². The van der Waals surface area contributed by atoms with Crippen molar-refractivity contribution in [3.05, 3.63) is 39.7 Å². The van der Waals surface area contributed by atoms with E-state index in [1.807, 2.05) is 0 Å². The Bertz CT molecular complexity index is 339. The van der Waals surface area contributed by atoms with E-state index in [2.05, 4.69) is 0 Å². The van der Waals surface area contributed by atoms with E-state index in [1.54, 1.807) is 6.92 Å². The lowest BCUT2D eigenvalue weighted by atomic mass is 10.1. The molecule has 13 heavy (non-hydrogen) atoms. The number of halogens is 1. The second-order valence-corrected chi connectivity index (χ2v) is 2.76. The van der Waals surface area contributed by atoms with Crippen LogP contribution in [0.1, 0.15) is 18.5 Å². The van der Waals surface area contributed by atoms with Crippen LogP contribution in [0.25, 0.3) is 0 Å². The van der Waals surface area contributed by atoms with E-state index in [0.717, 1.165) is 12.1 Å². The Hall–Kier alpha value is -1.49. The fourth-order valence-electron chi connectivity index (χ4n) is 0.954. The Kier molecular flexibility index (Phi) is 2.57. The van der Waals surface area contributed by atoms with Crippen LogP contribution in [0, 0.1) is 15.9 Å². The molecule has 0 saturated carbocycles. The number of nitro benzene ring substituents is 1. The van der Waals surface area contributed by atoms with E-state index in [4.69, 9.17) is 5.73 Å². The molecule has 4 nitrogen and oxygen atoms in total. The molecule has 1 atom stereocenters. The SMILES string of the molecule is C[C@@H](N)c1ccc([N+](=O)[O-])c(F)c1. The molecular formula is C8H9FN2O2. The molecule has 0 unspecified atom stereocenters. The van der Waals surface area contributed by atoms with Gasteiger partial charge in [0.15, 0.2) is 0 Å². The number of rotatable bonds is 2. The third-order valence-electron chi connectivity index (χ3n) is 1.69.